The standard InChI is InChI=1S/C19H22N2O5/c1-3-12-15-10-8-26-17(16(15)23)19(7-13(10)20-12)11-5-4-9(22)6-14(11)21(25-2)18(19)24/h4-6,10,13,15-17,22-23H,3,7-8H2,1-2H3/t10-,13+,15-,16-,17-,19+/m1/s1. The van der Waals surface area contributed by atoms with E-state index in [-0.39, 0.29) is 29.5 Å². The highest BCUT2D eigenvalue weighted by atomic mass is 16.7. The number of nitrogens with zero attached hydrogens (tertiary/aromatic N) is 2. The molecule has 0 aromatic heterocycles. The molecule has 2 saturated heterocycles. The zero-order valence-corrected chi connectivity index (χ0v) is 14.8. The molecule has 7 heteroatoms. The monoisotopic (exact) mass is 358 g/mol. The molecule has 6 rings (SSSR count). The lowest BCUT2D eigenvalue weighted by Gasteiger charge is -2.42. The third kappa shape index (κ3) is 1.73. The van der Waals surface area contributed by atoms with E-state index in [2.05, 4.69) is 6.92 Å². The largest absolute Gasteiger partial charge is 0.508 e. The number of ether oxygens (including phenoxy) is 1. The second kappa shape index (κ2) is 5.28. The number of hydrogen-bond acceptors (Lipinski definition) is 6. The van der Waals surface area contributed by atoms with Crippen LogP contribution in [0, 0.1) is 11.8 Å². The van der Waals surface area contributed by atoms with Crippen LogP contribution >= 0.6 is 0 Å². The molecule has 5 aliphatic rings. The number of phenols is 1. The molecule has 4 heterocycles. The molecule has 1 aliphatic carbocycles. The molecule has 2 N–H and O–H groups in total. The molecular formula is C19H22N2O5. The van der Waals surface area contributed by atoms with Crippen LogP contribution in [0.4, 0.5) is 5.69 Å². The van der Waals surface area contributed by atoms with E-state index in [1.54, 1.807) is 12.1 Å². The molecule has 4 aliphatic heterocycles. The van der Waals surface area contributed by atoms with Gasteiger partial charge in [0.15, 0.2) is 0 Å². The van der Waals surface area contributed by atoms with Gasteiger partial charge < -0.3 is 14.9 Å². The topological polar surface area (TPSA) is 91.6 Å². The van der Waals surface area contributed by atoms with Crippen molar-refractivity contribution >= 4 is 17.3 Å². The van der Waals surface area contributed by atoms with E-state index in [4.69, 9.17) is 14.6 Å². The van der Waals surface area contributed by atoms with E-state index >= 15 is 0 Å². The molecular weight excluding hydrogens is 336 g/mol. The molecule has 0 unspecified atom stereocenters. The number of carbonyl (C=O) groups is 1. The third-order valence-corrected chi connectivity index (χ3v) is 6.63. The number of phenolic OH excluding ortho intramolecular Hbond substituents is 1. The first kappa shape index (κ1) is 16.2. The van der Waals surface area contributed by atoms with E-state index in [0.29, 0.717) is 18.7 Å². The summed E-state index contributed by atoms with van der Waals surface area (Å²) in [5, 5.41) is 22.3. The predicted molar refractivity (Wildman–Crippen MR) is 93.1 cm³/mol. The maximum atomic E-state index is 13.5. The summed E-state index contributed by atoms with van der Waals surface area (Å²) >= 11 is 0. The van der Waals surface area contributed by atoms with Gasteiger partial charge in [-0.15, -0.1) is 0 Å². The summed E-state index contributed by atoms with van der Waals surface area (Å²) in [5.74, 6) is -0.137. The molecule has 1 aromatic rings. The van der Waals surface area contributed by atoms with Crippen molar-refractivity contribution in [1.29, 1.82) is 0 Å². The van der Waals surface area contributed by atoms with E-state index in [1.807, 2.05) is 0 Å². The predicted octanol–water partition coefficient (Wildman–Crippen LogP) is 1.17. The van der Waals surface area contributed by atoms with Gasteiger partial charge in [-0.2, -0.15) is 5.06 Å². The van der Waals surface area contributed by atoms with Gasteiger partial charge in [-0.25, -0.2) is 0 Å². The van der Waals surface area contributed by atoms with Gasteiger partial charge in [0.1, 0.15) is 17.3 Å². The number of amides is 1. The van der Waals surface area contributed by atoms with E-state index in [1.165, 1.54) is 18.2 Å². The van der Waals surface area contributed by atoms with Crippen LogP contribution in [-0.4, -0.2) is 53.8 Å². The molecule has 0 radical (unpaired) electrons. The lowest BCUT2D eigenvalue weighted by atomic mass is 9.70. The fraction of sp³-hybridized carbons (Fsp3) is 0.579. The minimum Gasteiger partial charge on any atom is -0.508 e. The van der Waals surface area contributed by atoms with Gasteiger partial charge in [0.05, 0.1) is 31.5 Å². The van der Waals surface area contributed by atoms with Crippen molar-refractivity contribution in [2.45, 2.75) is 43.4 Å². The van der Waals surface area contributed by atoms with Crippen LogP contribution < -0.4 is 5.06 Å². The Bertz CT molecular complexity index is 824. The Morgan fingerprint density at radius 1 is 1.46 bits per heavy atom. The normalized spacial score (nSPS) is 40.1. The Balaban J connectivity index is 1.73. The quantitative estimate of drug-likeness (QED) is 0.828. The van der Waals surface area contributed by atoms with Crippen LogP contribution in [0.15, 0.2) is 23.2 Å². The van der Waals surface area contributed by atoms with Gasteiger partial charge in [0.25, 0.3) is 5.91 Å². The molecule has 1 saturated carbocycles. The van der Waals surface area contributed by atoms with Crippen molar-refractivity contribution in [2.75, 3.05) is 18.8 Å². The van der Waals surface area contributed by atoms with Crippen LogP contribution in [0.1, 0.15) is 25.3 Å². The Kier molecular flexibility index (Phi) is 3.30. The van der Waals surface area contributed by atoms with Crippen molar-refractivity contribution in [3.63, 3.8) is 0 Å². The Morgan fingerprint density at radius 3 is 3.00 bits per heavy atom. The van der Waals surface area contributed by atoms with Crippen molar-refractivity contribution in [2.24, 2.45) is 16.8 Å². The lowest BCUT2D eigenvalue weighted by molar-refractivity contribution is -0.152. The molecule has 138 valence electrons. The summed E-state index contributed by atoms with van der Waals surface area (Å²) in [6.07, 6.45) is -0.156. The van der Waals surface area contributed by atoms with Crippen molar-refractivity contribution in [1.82, 2.24) is 0 Å². The molecule has 6 atom stereocenters. The Hall–Kier alpha value is -1.96. The lowest BCUT2D eigenvalue weighted by Crippen LogP contribution is -2.58. The van der Waals surface area contributed by atoms with Crippen LogP contribution in [0.2, 0.25) is 0 Å². The molecule has 3 fully saturated rings. The van der Waals surface area contributed by atoms with Gasteiger partial charge in [0, 0.05) is 23.6 Å². The minimum atomic E-state index is -1.05. The maximum Gasteiger partial charge on any atom is 0.264 e. The number of hydrogen-bond donors (Lipinski definition) is 2. The molecule has 7 nitrogen and oxygen atoms in total. The number of aliphatic hydroxyl groups excluding tert-OH is 1. The number of rotatable bonds is 2. The highest BCUT2D eigenvalue weighted by Crippen LogP contribution is 2.57. The fourth-order valence-electron chi connectivity index (χ4n) is 5.58. The Morgan fingerprint density at radius 2 is 2.27 bits per heavy atom. The number of aliphatic hydroxyl groups is 1. The van der Waals surface area contributed by atoms with Crippen LogP contribution in [0.5, 0.6) is 5.75 Å². The van der Waals surface area contributed by atoms with Gasteiger partial charge in [-0.1, -0.05) is 13.0 Å². The summed E-state index contributed by atoms with van der Waals surface area (Å²) in [4.78, 5) is 23.7. The van der Waals surface area contributed by atoms with Crippen molar-refractivity contribution in [3.05, 3.63) is 23.8 Å². The number of anilines is 1. The average molecular weight is 358 g/mol. The number of aliphatic imine (C=N–C) groups is 1. The number of aromatic hydroxyl groups is 1. The molecule has 1 aromatic carbocycles. The van der Waals surface area contributed by atoms with Gasteiger partial charge in [0.2, 0.25) is 0 Å². The second-order valence-electron chi connectivity index (χ2n) is 7.63. The first-order chi connectivity index (χ1) is 12.5. The molecule has 1 amide bonds. The van der Waals surface area contributed by atoms with E-state index in [9.17, 15) is 15.0 Å². The highest BCUT2D eigenvalue weighted by molar-refractivity contribution is 6.08. The van der Waals surface area contributed by atoms with Crippen LogP contribution in [0.25, 0.3) is 0 Å². The summed E-state index contributed by atoms with van der Waals surface area (Å²) < 4.78 is 6.09. The van der Waals surface area contributed by atoms with E-state index < -0.39 is 17.6 Å². The van der Waals surface area contributed by atoms with Crippen molar-refractivity contribution in [3.8, 4) is 5.75 Å². The summed E-state index contributed by atoms with van der Waals surface area (Å²) in [6, 6.07) is 4.78. The minimum absolute atomic E-state index is 0.0481. The molecule has 26 heavy (non-hydrogen) atoms. The van der Waals surface area contributed by atoms with Crippen LogP contribution in [-0.2, 0) is 19.8 Å². The third-order valence-electron chi connectivity index (χ3n) is 6.63. The van der Waals surface area contributed by atoms with Gasteiger partial charge >= 0.3 is 0 Å². The molecule has 1 spiro atoms. The summed E-state index contributed by atoms with van der Waals surface area (Å²) in [5.41, 5.74) is 1.23. The molecule has 4 bridgehead atoms. The average Bonchev–Trinajstić information content (AvgIpc) is 2.99. The van der Waals surface area contributed by atoms with Crippen LogP contribution in [0.3, 0.4) is 0 Å². The first-order valence-corrected chi connectivity index (χ1v) is 9.11. The SMILES string of the molecule is CCC1=N[C@H]2C[C@@]3(C(=O)N(OC)c4cc(O)ccc43)[C@@H]3OC[C@H]2[C@H]1[C@H]3O. The zero-order chi connectivity index (χ0) is 18.2. The maximum absolute atomic E-state index is 13.5. The fourth-order valence-corrected chi connectivity index (χ4v) is 5.58. The number of hydroxylamine groups is 1. The number of fused-ring (bicyclic) bond motifs is 2. The smallest absolute Gasteiger partial charge is 0.264 e. The second-order valence-corrected chi connectivity index (χ2v) is 7.63. The van der Waals surface area contributed by atoms with Gasteiger partial charge in [-0.05, 0) is 24.5 Å². The first-order valence-electron chi connectivity index (χ1n) is 9.11. The number of benzene rings is 1. The number of carbonyl (C=O) groups excluding carboxylic acids is 1. The highest BCUT2D eigenvalue weighted by Gasteiger charge is 2.67. The van der Waals surface area contributed by atoms with Gasteiger partial charge in [-0.3, -0.25) is 14.6 Å². The zero-order valence-electron chi connectivity index (χ0n) is 14.8. The summed E-state index contributed by atoms with van der Waals surface area (Å²) in [7, 11) is 1.43. The van der Waals surface area contributed by atoms with E-state index in [0.717, 1.165) is 17.7 Å². The Labute approximate surface area is 151 Å². The summed E-state index contributed by atoms with van der Waals surface area (Å²) in [6.45, 7) is 2.55. The van der Waals surface area contributed by atoms with Crippen molar-refractivity contribution < 1.29 is 24.6 Å².